The molecule has 24 heavy (non-hydrogen) atoms. The summed E-state index contributed by atoms with van der Waals surface area (Å²) in [4.78, 5) is 22.9. The molecule has 9 heteroatoms. The summed E-state index contributed by atoms with van der Waals surface area (Å²) in [6.45, 7) is 4.82. The second-order valence-corrected chi connectivity index (χ2v) is 9.03. The van der Waals surface area contributed by atoms with Crippen molar-refractivity contribution in [1.82, 2.24) is 0 Å². The van der Waals surface area contributed by atoms with E-state index in [2.05, 4.69) is 0 Å². The van der Waals surface area contributed by atoms with Gasteiger partial charge in [0.1, 0.15) is 5.60 Å². The molecule has 0 amide bonds. The van der Waals surface area contributed by atoms with E-state index in [0.29, 0.717) is 0 Å². The molecule has 0 aliphatic heterocycles. The Morgan fingerprint density at radius 1 is 1.21 bits per heavy atom. The van der Waals surface area contributed by atoms with Crippen molar-refractivity contribution >= 4 is 45.0 Å². The Hall–Kier alpha value is -1.31. The van der Waals surface area contributed by atoms with Crippen molar-refractivity contribution < 1.29 is 27.9 Å². The highest BCUT2D eigenvalue weighted by atomic mass is 35.5. The second kappa shape index (κ2) is 7.72. The molecule has 1 unspecified atom stereocenters. The van der Waals surface area contributed by atoms with Crippen LogP contribution in [0.2, 0.25) is 10.0 Å². The van der Waals surface area contributed by atoms with Gasteiger partial charge >= 0.3 is 11.9 Å². The lowest BCUT2D eigenvalue weighted by Crippen LogP contribution is -2.33. The van der Waals surface area contributed by atoms with Gasteiger partial charge < -0.3 is 9.84 Å². The summed E-state index contributed by atoms with van der Waals surface area (Å²) in [5.74, 6) is -4.21. The molecule has 6 nitrogen and oxygen atoms in total. The molecular weight excluding hydrogens is 379 g/mol. The number of carboxylic acid groups (broad SMARTS) is 1. The lowest BCUT2D eigenvalue weighted by molar-refractivity contribution is -0.161. The summed E-state index contributed by atoms with van der Waals surface area (Å²) < 4.78 is 30.0. The van der Waals surface area contributed by atoms with Crippen LogP contribution in [0.1, 0.15) is 27.2 Å². The number of carbonyl (C=O) groups is 2. The van der Waals surface area contributed by atoms with Gasteiger partial charge in [0, 0.05) is 0 Å². The van der Waals surface area contributed by atoms with E-state index in [1.54, 1.807) is 20.8 Å². The van der Waals surface area contributed by atoms with Crippen LogP contribution in [-0.2, 0) is 24.2 Å². The van der Waals surface area contributed by atoms with E-state index in [4.69, 9.17) is 33.0 Å². The SMILES string of the molecule is CC(C)(C)OC(=O)C(CC(=O)O)CS(=O)(=O)c1ccc(Cl)c(Cl)c1. The molecule has 0 aromatic heterocycles. The summed E-state index contributed by atoms with van der Waals surface area (Å²) >= 11 is 11.6. The van der Waals surface area contributed by atoms with Crippen molar-refractivity contribution in [3.8, 4) is 0 Å². The predicted molar refractivity (Wildman–Crippen MR) is 90.1 cm³/mol. The van der Waals surface area contributed by atoms with Crippen molar-refractivity contribution in [1.29, 1.82) is 0 Å². The Morgan fingerprint density at radius 2 is 1.79 bits per heavy atom. The Balaban J connectivity index is 3.09. The first-order valence-corrected chi connectivity index (χ1v) is 9.35. The summed E-state index contributed by atoms with van der Waals surface area (Å²) in [5.41, 5.74) is -0.860. The van der Waals surface area contributed by atoms with Crippen LogP contribution in [0.5, 0.6) is 0 Å². The van der Waals surface area contributed by atoms with Gasteiger partial charge in [0.25, 0.3) is 0 Å². The van der Waals surface area contributed by atoms with Crippen molar-refractivity contribution in [3.63, 3.8) is 0 Å². The summed E-state index contributed by atoms with van der Waals surface area (Å²) in [6.07, 6.45) is -0.657. The molecule has 0 aliphatic rings. The quantitative estimate of drug-likeness (QED) is 0.741. The largest absolute Gasteiger partial charge is 0.481 e. The molecule has 0 spiro atoms. The van der Waals surface area contributed by atoms with Crippen LogP contribution in [0.4, 0.5) is 0 Å². The third-order valence-corrected chi connectivity index (χ3v) is 5.38. The Morgan fingerprint density at radius 3 is 2.25 bits per heavy atom. The first-order chi connectivity index (χ1) is 10.8. The third-order valence-electron chi connectivity index (χ3n) is 2.83. The van der Waals surface area contributed by atoms with E-state index in [1.165, 1.54) is 12.1 Å². The lowest BCUT2D eigenvalue weighted by Gasteiger charge is -2.23. The van der Waals surface area contributed by atoms with Crippen molar-refractivity contribution in [2.45, 2.75) is 37.7 Å². The molecule has 1 N–H and O–H groups in total. The highest BCUT2D eigenvalue weighted by Crippen LogP contribution is 2.27. The van der Waals surface area contributed by atoms with Crippen molar-refractivity contribution in [3.05, 3.63) is 28.2 Å². The van der Waals surface area contributed by atoms with E-state index in [1.807, 2.05) is 0 Å². The fourth-order valence-electron chi connectivity index (χ4n) is 1.84. The number of carboxylic acids is 1. The van der Waals surface area contributed by atoms with E-state index in [-0.39, 0.29) is 14.9 Å². The maximum Gasteiger partial charge on any atom is 0.311 e. The zero-order chi connectivity index (χ0) is 18.7. The molecule has 1 aromatic carbocycles. The van der Waals surface area contributed by atoms with Gasteiger partial charge in [0.2, 0.25) is 0 Å². The number of carbonyl (C=O) groups excluding carboxylic acids is 1. The predicted octanol–water partition coefficient (Wildman–Crippen LogP) is 3.20. The zero-order valence-electron chi connectivity index (χ0n) is 13.4. The lowest BCUT2D eigenvalue weighted by atomic mass is 10.1. The van der Waals surface area contributed by atoms with Crippen LogP contribution in [0.15, 0.2) is 23.1 Å². The Labute approximate surface area is 150 Å². The molecular formula is C15H18Cl2O6S. The fourth-order valence-corrected chi connectivity index (χ4v) is 3.75. The molecule has 0 saturated carbocycles. The maximum absolute atomic E-state index is 12.5. The molecule has 0 bridgehead atoms. The van der Waals surface area contributed by atoms with Gasteiger partial charge in [-0.05, 0) is 39.0 Å². The van der Waals surface area contributed by atoms with E-state index >= 15 is 0 Å². The molecule has 0 aliphatic carbocycles. The number of halogens is 2. The van der Waals surface area contributed by atoms with Gasteiger partial charge in [-0.15, -0.1) is 0 Å². The van der Waals surface area contributed by atoms with Crippen LogP contribution in [-0.4, -0.2) is 36.8 Å². The smallest absolute Gasteiger partial charge is 0.311 e. The van der Waals surface area contributed by atoms with Crippen molar-refractivity contribution in [2.24, 2.45) is 5.92 Å². The maximum atomic E-state index is 12.5. The van der Waals surface area contributed by atoms with Gasteiger partial charge in [-0.1, -0.05) is 23.2 Å². The number of hydrogen-bond acceptors (Lipinski definition) is 5. The number of aliphatic carboxylic acids is 1. The summed E-state index contributed by atoms with van der Waals surface area (Å²) in [7, 11) is -3.95. The van der Waals surface area contributed by atoms with Gasteiger partial charge in [-0.3, -0.25) is 9.59 Å². The highest BCUT2D eigenvalue weighted by molar-refractivity contribution is 7.91. The van der Waals surface area contributed by atoms with Gasteiger partial charge in [0.15, 0.2) is 9.84 Å². The highest BCUT2D eigenvalue weighted by Gasteiger charge is 2.32. The molecule has 0 radical (unpaired) electrons. The minimum Gasteiger partial charge on any atom is -0.481 e. The summed E-state index contributed by atoms with van der Waals surface area (Å²) in [6, 6.07) is 3.72. The monoisotopic (exact) mass is 396 g/mol. The molecule has 134 valence electrons. The van der Waals surface area contributed by atoms with Crippen LogP contribution in [0.3, 0.4) is 0 Å². The fraction of sp³-hybridized carbons (Fsp3) is 0.467. The molecule has 0 heterocycles. The van der Waals surface area contributed by atoms with E-state index in [9.17, 15) is 18.0 Å². The van der Waals surface area contributed by atoms with Gasteiger partial charge in [-0.2, -0.15) is 0 Å². The average molecular weight is 397 g/mol. The summed E-state index contributed by atoms with van der Waals surface area (Å²) in [5, 5.41) is 9.17. The van der Waals surface area contributed by atoms with Crippen LogP contribution in [0, 0.1) is 5.92 Å². The molecule has 1 aromatic rings. The third kappa shape index (κ3) is 6.30. The molecule has 1 atom stereocenters. The normalized spacial score (nSPS) is 13.4. The second-order valence-electron chi connectivity index (χ2n) is 6.19. The minimum atomic E-state index is -3.95. The minimum absolute atomic E-state index is 0.0461. The number of sulfone groups is 1. The number of ether oxygens (including phenoxy) is 1. The standard InChI is InChI=1S/C15H18Cl2O6S/c1-15(2,3)23-14(20)9(6-13(18)19)8-24(21,22)10-4-5-11(16)12(17)7-10/h4-5,7,9H,6,8H2,1-3H3,(H,18,19). The zero-order valence-corrected chi connectivity index (χ0v) is 15.7. The first kappa shape index (κ1) is 20.7. The van der Waals surface area contributed by atoms with Gasteiger partial charge in [-0.25, -0.2) is 8.42 Å². The van der Waals surface area contributed by atoms with Crippen LogP contribution in [0.25, 0.3) is 0 Å². The topological polar surface area (TPSA) is 97.7 Å². The molecule has 1 rings (SSSR count). The van der Waals surface area contributed by atoms with Gasteiger partial charge in [0.05, 0.1) is 33.0 Å². The van der Waals surface area contributed by atoms with Crippen LogP contribution >= 0.6 is 23.2 Å². The average Bonchev–Trinajstić information content (AvgIpc) is 2.38. The Kier molecular flexibility index (Phi) is 6.67. The van der Waals surface area contributed by atoms with E-state index < -0.39 is 45.5 Å². The van der Waals surface area contributed by atoms with Crippen molar-refractivity contribution in [2.75, 3.05) is 5.75 Å². The molecule has 0 fully saturated rings. The Bertz CT molecular complexity index is 737. The number of esters is 1. The van der Waals surface area contributed by atoms with E-state index in [0.717, 1.165) is 6.07 Å². The number of rotatable bonds is 6. The molecule has 0 saturated heterocycles. The van der Waals surface area contributed by atoms with Crippen LogP contribution < -0.4 is 0 Å². The number of benzene rings is 1. The number of hydrogen-bond donors (Lipinski definition) is 1. The first-order valence-electron chi connectivity index (χ1n) is 6.94.